The van der Waals surface area contributed by atoms with Crippen molar-refractivity contribution in [3.05, 3.63) is 64.6 Å². The monoisotopic (exact) mass is 384 g/mol. The van der Waals surface area contributed by atoms with E-state index in [2.05, 4.69) is 15.3 Å². The number of carbonyl (C=O) groups is 2. The number of thiazole rings is 1. The van der Waals surface area contributed by atoms with Crippen molar-refractivity contribution in [2.45, 2.75) is 33.2 Å². The molecule has 27 heavy (non-hydrogen) atoms. The lowest BCUT2D eigenvalue weighted by molar-refractivity contribution is 0.0907. The minimum absolute atomic E-state index is 0.0823. The van der Waals surface area contributed by atoms with Crippen LogP contribution < -0.4 is 10.8 Å². The minimum atomic E-state index is -0.288. The summed E-state index contributed by atoms with van der Waals surface area (Å²) in [5.41, 5.74) is 1.66. The largest absolute Gasteiger partial charge is 0.469 e. The fraction of sp³-hybridized carbons (Fsp3) is 0.263. The third-order valence-corrected chi connectivity index (χ3v) is 4.51. The van der Waals surface area contributed by atoms with Gasteiger partial charge in [-0.3, -0.25) is 24.5 Å². The quantitative estimate of drug-likeness (QED) is 0.731. The molecule has 0 saturated carbocycles. The average Bonchev–Trinajstić information content (AvgIpc) is 3.23. The highest BCUT2D eigenvalue weighted by Crippen LogP contribution is 2.18. The Hall–Kier alpha value is -3.00. The molecule has 0 aliphatic carbocycles. The second-order valence-corrected chi connectivity index (χ2v) is 7.07. The molecule has 3 aromatic rings. The predicted octanol–water partition coefficient (Wildman–Crippen LogP) is 3.29. The molecule has 0 fully saturated rings. The first-order valence-electron chi connectivity index (χ1n) is 8.48. The van der Waals surface area contributed by atoms with Crippen LogP contribution in [0.25, 0.3) is 0 Å². The van der Waals surface area contributed by atoms with Crippen molar-refractivity contribution in [1.82, 2.24) is 9.55 Å². The van der Waals surface area contributed by atoms with Gasteiger partial charge in [-0.15, -0.1) is 11.3 Å². The van der Waals surface area contributed by atoms with E-state index in [0.29, 0.717) is 27.6 Å². The Morgan fingerprint density at radius 1 is 1.33 bits per heavy atom. The number of hydrogen-bond acceptors (Lipinski definition) is 6. The fourth-order valence-electron chi connectivity index (χ4n) is 2.49. The summed E-state index contributed by atoms with van der Waals surface area (Å²) < 4.78 is 6.65. The zero-order valence-corrected chi connectivity index (χ0v) is 16.1. The third kappa shape index (κ3) is 4.59. The van der Waals surface area contributed by atoms with Crippen LogP contribution in [0, 0.1) is 6.92 Å². The highest BCUT2D eigenvalue weighted by molar-refractivity contribution is 7.14. The van der Waals surface area contributed by atoms with Gasteiger partial charge in [0.1, 0.15) is 11.2 Å². The first-order chi connectivity index (χ1) is 12.9. The summed E-state index contributed by atoms with van der Waals surface area (Å²) in [6.07, 6.45) is 3.28. The van der Waals surface area contributed by atoms with Crippen LogP contribution in [0.15, 0.2) is 51.5 Å². The van der Waals surface area contributed by atoms with E-state index < -0.39 is 0 Å². The normalized spacial score (nSPS) is 11.8. The van der Waals surface area contributed by atoms with Gasteiger partial charge in [0.05, 0.1) is 23.9 Å². The van der Waals surface area contributed by atoms with Crippen LogP contribution in [-0.4, -0.2) is 27.4 Å². The Balaban J connectivity index is 1.72. The molecule has 0 radical (unpaired) electrons. The van der Waals surface area contributed by atoms with Gasteiger partial charge in [0.15, 0.2) is 5.13 Å². The summed E-state index contributed by atoms with van der Waals surface area (Å²) in [5.74, 6) is 0.120. The molecule has 0 saturated heterocycles. The van der Waals surface area contributed by atoms with Crippen molar-refractivity contribution in [2.24, 2.45) is 4.99 Å². The lowest BCUT2D eigenvalue weighted by Gasteiger charge is -2.06. The van der Waals surface area contributed by atoms with Gasteiger partial charge in [0, 0.05) is 17.6 Å². The summed E-state index contributed by atoms with van der Waals surface area (Å²) in [4.78, 5) is 33.7. The number of rotatable bonds is 5. The third-order valence-electron chi connectivity index (χ3n) is 3.71. The number of aryl methyl sites for hydroxylation is 1. The number of furan rings is 1. The second kappa shape index (κ2) is 8.13. The van der Waals surface area contributed by atoms with Gasteiger partial charge in [-0.1, -0.05) is 6.07 Å². The highest BCUT2D eigenvalue weighted by atomic mass is 32.1. The number of nitrogens with one attached hydrogen (secondary N) is 1. The predicted molar refractivity (Wildman–Crippen MR) is 103 cm³/mol. The van der Waals surface area contributed by atoms with Crippen LogP contribution in [-0.2, 0) is 6.42 Å². The van der Waals surface area contributed by atoms with Gasteiger partial charge < -0.3 is 4.42 Å². The number of amides is 1. The van der Waals surface area contributed by atoms with Crippen molar-refractivity contribution in [3.63, 3.8) is 0 Å². The molecule has 0 spiro atoms. The van der Waals surface area contributed by atoms with E-state index in [-0.39, 0.29) is 24.3 Å². The smallest absolute Gasteiger partial charge is 0.260 e. The molecule has 1 N–H and O–H groups in total. The fourth-order valence-corrected chi connectivity index (χ4v) is 3.19. The second-order valence-electron chi connectivity index (χ2n) is 6.21. The first-order valence-corrected chi connectivity index (χ1v) is 9.36. The topological polar surface area (TPSA) is 89.5 Å². The maximum atomic E-state index is 12.6. The maximum absolute atomic E-state index is 12.6. The summed E-state index contributed by atoms with van der Waals surface area (Å²) in [6.45, 7) is 5.63. The summed E-state index contributed by atoms with van der Waals surface area (Å²) in [5, 5.41) is 4.93. The molecule has 0 aliphatic rings. The van der Waals surface area contributed by atoms with Gasteiger partial charge in [0.25, 0.3) is 5.91 Å². The van der Waals surface area contributed by atoms with Gasteiger partial charge in [-0.25, -0.2) is 4.98 Å². The van der Waals surface area contributed by atoms with E-state index in [1.54, 1.807) is 36.7 Å². The molecule has 0 unspecified atom stereocenters. The number of hydrogen-bond donors (Lipinski definition) is 1. The molecule has 0 aromatic carbocycles. The van der Waals surface area contributed by atoms with E-state index in [4.69, 9.17) is 4.42 Å². The van der Waals surface area contributed by atoms with Crippen LogP contribution in [0.1, 0.15) is 40.5 Å². The Labute approximate surface area is 160 Å². The molecule has 3 heterocycles. The zero-order valence-electron chi connectivity index (χ0n) is 15.3. The standard InChI is InChI=1S/C19H20N4O3S/c1-12(2)20-16-6-4-5-8-23(16)17(24)10-14-11-27-19(21-14)22-18(25)15-7-9-26-13(15)3/h4-9,11-12H,10H2,1-3H3,(H,21,22,25). The van der Waals surface area contributed by atoms with Gasteiger partial charge in [0.2, 0.25) is 5.91 Å². The van der Waals surface area contributed by atoms with Crippen molar-refractivity contribution < 1.29 is 14.0 Å². The molecule has 3 aromatic heterocycles. The molecule has 1 amide bonds. The van der Waals surface area contributed by atoms with E-state index in [1.165, 1.54) is 22.2 Å². The van der Waals surface area contributed by atoms with E-state index in [9.17, 15) is 9.59 Å². The van der Waals surface area contributed by atoms with Crippen LogP contribution in [0.3, 0.4) is 0 Å². The summed E-state index contributed by atoms with van der Waals surface area (Å²) in [7, 11) is 0. The lowest BCUT2D eigenvalue weighted by Crippen LogP contribution is -2.28. The molecule has 0 atom stereocenters. The Kier molecular flexibility index (Phi) is 5.66. The molecule has 3 rings (SSSR count). The van der Waals surface area contributed by atoms with Gasteiger partial charge in [-0.05, 0) is 39.0 Å². The maximum Gasteiger partial charge on any atom is 0.260 e. The van der Waals surface area contributed by atoms with E-state index >= 15 is 0 Å². The van der Waals surface area contributed by atoms with Crippen LogP contribution in [0.5, 0.6) is 0 Å². The SMILES string of the molecule is Cc1occc1C(=O)Nc1nc(CC(=O)n2ccccc2=NC(C)C)cs1. The van der Waals surface area contributed by atoms with Crippen molar-refractivity contribution in [1.29, 1.82) is 0 Å². The summed E-state index contributed by atoms with van der Waals surface area (Å²) >= 11 is 1.27. The first kappa shape index (κ1) is 18.8. The van der Waals surface area contributed by atoms with Gasteiger partial charge in [-0.2, -0.15) is 0 Å². The Morgan fingerprint density at radius 3 is 2.85 bits per heavy atom. The number of anilines is 1. The average molecular weight is 384 g/mol. The lowest BCUT2D eigenvalue weighted by atomic mass is 10.2. The van der Waals surface area contributed by atoms with Gasteiger partial charge >= 0.3 is 0 Å². The molecule has 0 aliphatic heterocycles. The molecule has 140 valence electrons. The number of carbonyl (C=O) groups excluding carboxylic acids is 2. The molecule has 7 nitrogen and oxygen atoms in total. The molecular formula is C19H20N4O3S. The van der Waals surface area contributed by atoms with E-state index in [0.717, 1.165) is 0 Å². The van der Waals surface area contributed by atoms with Crippen molar-refractivity contribution >= 4 is 28.3 Å². The Morgan fingerprint density at radius 2 is 2.15 bits per heavy atom. The summed E-state index contributed by atoms with van der Waals surface area (Å²) in [6, 6.07) is 7.13. The van der Waals surface area contributed by atoms with Crippen LogP contribution in [0.2, 0.25) is 0 Å². The highest BCUT2D eigenvalue weighted by Gasteiger charge is 2.15. The number of aromatic nitrogens is 2. The number of nitrogens with zero attached hydrogens (tertiary/aromatic N) is 3. The zero-order chi connectivity index (χ0) is 19.4. The van der Waals surface area contributed by atoms with E-state index in [1.807, 2.05) is 19.9 Å². The molecule has 0 bridgehead atoms. The minimum Gasteiger partial charge on any atom is -0.469 e. The van der Waals surface area contributed by atoms with Crippen molar-refractivity contribution in [3.8, 4) is 0 Å². The molecule has 8 heteroatoms. The van der Waals surface area contributed by atoms with Crippen LogP contribution >= 0.6 is 11.3 Å². The van der Waals surface area contributed by atoms with Crippen LogP contribution in [0.4, 0.5) is 5.13 Å². The van der Waals surface area contributed by atoms with Crippen molar-refractivity contribution in [2.75, 3.05) is 5.32 Å². The number of pyridine rings is 1. The Bertz CT molecular complexity index is 1030. The molecular weight excluding hydrogens is 364 g/mol.